The molecule has 0 unspecified atom stereocenters. The lowest BCUT2D eigenvalue weighted by Gasteiger charge is -2.20. The highest BCUT2D eigenvalue weighted by atomic mass is 127. The van der Waals surface area contributed by atoms with E-state index in [0.29, 0.717) is 25.7 Å². The SMILES string of the molecule is CO[C@@H]1COC[C@H]1n1cc(CN=C(N)NC(C)(C)C)nn1.I. The third kappa shape index (κ3) is 5.36. The standard InChI is InChI=1S/C13H24N6O2.HI/c1-13(2,3)16-12(14)15-5-9-6-19(18-17-9)10-7-21-8-11(10)20-4;/h6,10-11H,5,7-8H2,1-4H3,(H3,14,15,16);1H/t10-,11-;/m1./s1. The number of nitrogens with one attached hydrogen (secondary N) is 1. The maximum Gasteiger partial charge on any atom is 0.189 e. The van der Waals surface area contributed by atoms with Crippen LogP contribution in [0.15, 0.2) is 11.2 Å². The molecule has 8 nitrogen and oxygen atoms in total. The fourth-order valence-corrected chi connectivity index (χ4v) is 2.13. The Balaban J connectivity index is 0.00000242. The molecule has 0 amide bonds. The zero-order valence-corrected chi connectivity index (χ0v) is 15.8. The van der Waals surface area contributed by atoms with Crippen LogP contribution in [-0.2, 0) is 16.0 Å². The molecule has 9 heteroatoms. The van der Waals surface area contributed by atoms with Gasteiger partial charge in [-0.15, -0.1) is 29.1 Å². The van der Waals surface area contributed by atoms with E-state index >= 15 is 0 Å². The van der Waals surface area contributed by atoms with E-state index in [-0.39, 0.29) is 41.7 Å². The fourth-order valence-electron chi connectivity index (χ4n) is 2.13. The second-order valence-corrected chi connectivity index (χ2v) is 6.15. The third-order valence-electron chi connectivity index (χ3n) is 3.11. The summed E-state index contributed by atoms with van der Waals surface area (Å²) in [5, 5.41) is 11.3. The molecule has 126 valence electrons. The Bertz CT molecular complexity index is 499. The van der Waals surface area contributed by atoms with Gasteiger partial charge in [-0.2, -0.15) is 0 Å². The largest absolute Gasteiger partial charge is 0.377 e. The summed E-state index contributed by atoms with van der Waals surface area (Å²) in [6.45, 7) is 7.62. The molecule has 2 heterocycles. The molecule has 1 saturated heterocycles. The summed E-state index contributed by atoms with van der Waals surface area (Å²) >= 11 is 0. The lowest BCUT2D eigenvalue weighted by molar-refractivity contribution is 0.0661. The Hall–Kier alpha value is -0.940. The summed E-state index contributed by atoms with van der Waals surface area (Å²) in [5.41, 5.74) is 6.47. The second kappa shape index (κ2) is 8.06. The number of nitrogens with zero attached hydrogens (tertiary/aromatic N) is 4. The van der Waals surface area contributed by atoms with Crippen molar-refractivity contribution in [1.82, 2.24) is 20.3 Å². The number of hydrogen-bond donors (Lipinski definition) is 2. The maximum atomic E-state index is 5.82. The minimum Gasteiger partial charge on any atom is -0.377 e. The minimum atomic E-state index is -0.113. The monoisotopic (exact) mass is 424 g/mol. The van der Waals surface area contributed by atoms with Crippen molar-refractivity contribution in [1.29, 1.82) is 0 Å². The van der Waals surface area contributed by atoms with Crippen molar-refractivity contribution in [2.24, 2.45) is 10.7 Å². The van der Waals surface area contributed by atoms with Gasteiger partial charge in [-0.1, -0.05) is 5.21 Å². The molecule has 2 rings (SSSR count). The van der Waals surface area contributed by atoms with Gasteiger partial charge in [0.25, 0.3) is 0 Å². The smallest absolute Gasteiger partial charge is 0.189 e. The Morgan fingerprint density at radius 1 is 1.55 bits per heavy atom. The van der Waals surface area contributed by atoms with Crippen LogP contribution in [0.3, 0.4) is 0 Å². The molecule has 1 aromatic rings. The Kier molecular flexibility index (Phi) is 7.00. The summed E-state index contributed by atoms with van der Waals surface area (Å²) in [6, 6.07) is 0.0604. The highest BCUT2D eigenvalue weighted by Crippen LogP contribution is 2.21. The molecule has 0 aromatic carbocycles. The van der Waals surface area contributed by atoms with Crippen LogP contribution in [0.1, 0.15) is 32.5 Å². The Morgan fingerprint density at radius 2 is 2.27 bits per heavy atom. The highest BCUT2D eigenvalue weighted by Gasteiger charge is 2.30. The van der Waals surface area contributed by atoms with E-state index < -0.39 is 0 Å². The number of halogens is 1. The van der Waals surface area contributed by atoms with Gasteiger partial charge < -0.3 is 20.5 Å². The van der Waals surface area contributed by atoms with E-state index in [1.54, 1.807) is 11.8 Å². The van der Waals surface area contributed by atoms with Gasteiger partial charge in [0.1, 0.15) is 17.8 Å². The summed E-state index contributed by atoms with van der Waals surface area (Å²) in [4.78, 5) is 4.26. The first-order valence-electron chi connectivity index (χ1n) is 6.98. The first kappa shape index (κ1) is 19.1. The fraction of sp³-hybridized carbons (Fsp3) is 0.769. The van der Waals surface area contributed by atoms with Gasteiger partial charge in [-0.25, -0.2) is 9.67 Å². The lowest BCUT2D eigenvalue weighted by atomic mass is 10.1. The first-order chi connectivity index (χ1) is 9.89. The number of ether oxygens (including phenoxy) is 2. The third-order valence-corrected chi connectivity index (χ3v) is 3.11. The minimum absolute atomic E-state index is 0. The predicted molar refractivity (Wildman–Crippen MR) is 94.3 cm³/mol. The van der Waals surface area contributed by atoms with E-state index in [0.717, 1.165) is 5.69 Å². The van der Waals surface area contributed by atoms with Gasteiger partial charge in [0.05, 0.1) is 26.0 Å². The van der Waals surface area contributed by atoms with Crippen molar-refractivity contribution in [3.05, 3.63) is 11.9 Å². The molecule has 22 heavy (non-hydrogen) atoms. The number of methoxy groups -OCH3 is 1. The number of aromatic nitrogens is 3. The van der Waals surface area contributed by atoms with Crippen molar-refractivity contribution >= 4 is 29.9 Å². The first-order valence-corrected chi connectivity index (χ1v) is 6.98. The molecule has 1 aliphatic heterocycles. The number of nitrogens with two attached hydrogens (primary N) is 1. The summed E-state index contributed by atoms with van der Waals surface area (Å²) in [5.74, 6) is 0.399. The average molecular weight is 424 g/mol. The van der Waals surface area contributed by atoms with Crippen LogP contribution in [-0.4, -0.2) is 52.9 Å². The van der Waals surface area contributed by atoms with E-state index in [2.05, 4.69) is 20.6 Å². The normalized spacial score (nSPS) is 22.5. The average Bonchev–Trinajstić information content (AvgIpc) is 3.02. The van der Waals surface area contributed by atoms with Crippen molar-refractivity contribution in [3.63, 3.8) is 0 Å². The summed E-state index contributed by atoms with van der Waals surface area (Å²) in [7, 11) is 1.67. The van der Waals surface area contributed by atoms with Crippen LogP contribution in [0.25, 0.3) is 0 Å². The van der Waals surface area contributed by atoms with Crippen LogP contribution in [0.4, 0.5) is 0 Å². The number of aliphatic imine (C=N–C) groups is 1. The molecule has 1 fully saturated rings. The van der Waals surface area contributed by atoms with Crippen LogP contribution in [0, 0.1) is 0 Å². The molecule has 0 radical (unpaired) electrons. The predicted octanol–water partition coefficient (Wildman–Crippen LogP) is 0.685. The van der Waals surface area contributed by atoms with Crippen molar-refractivity contribution in [2.75, 3.05) is 20.3 Å². The van der Waals surface area contributed by atoms with Crippen LogP contribution in [0.2, 0.25) is 0 Å². The van der Waals surface area contributed by atoms with Gasteiger partial charge in [0, 0.05) is 12.6 Å². The number of guanidine groups is 1. The van der Waals surface area contributed by atoms with Crippen molar-refractivity contribution in [3.8, 4) is 0 Å². The van der Waals surface area contributed by atoms with Crippen molar-refractivity contribution < 1.29 is 9.47 Å². The van der Waals surface area contributed by atoms with E-state index in [9.17, 15) is 0 Å². The molecule has 0 saturated carbocycles. The van der Waals surface area contributed by atoms with E-state index in [1.165, 1.54) is 0 Å². The van der Waals surface area contributed by atoms with Gasteiger partial charge in [-0.05, 0) is 20.8 Å². The molecule has 0 bridgehead atoms. The quantitative estimate of drug-likeness (QED) is 0.419. The second-order valence-electron chi connectivity index (χ2n) is 6.15. The zero-order chi connectivity index (χ0) is 15.5. The van der Waals surface area contributed by atoms with Crippen LogP contribution < -0.4 is 11.1 Å². The topological polar surface area (TPSA) is 99.6 Å². The van der Waals surface area contributed by atoms with E-state index in [4.69, 9.17) is 15.2 Å². The molecule has 1 aliphatic rings. The van der Waals surface area contributed by atoms with Crippen molar-refractivity contribution in [2.45, 2.75) is 45.0 Å². The Labute approximate surface area is 147 Å². The molecule has 0 aliphatic carbocycles. The van der Waals surface area contributed by atoms with Gasteiger partial charge in [0.15, 0.2) is 5.96 Å². The summed E-state index contributed by atoms with van der Waals surface area (Å²) < 4.78 is 12.6. The molecule has 0 spiro atoms. The van der Waals surface area contributed by atoms with E-state index in [1.807, 2.05) is 27.0 Å². The zero-order valence-electron chi connectivity index (χ0n) is 13.4. The molecular weight excluding hydrogens is 399 g/mol. The molecule has 1 aromatic heterocycles. The van der Waals surface area contributed by atoms with Crippen LogP contribution in [0.5, 0.6) is 0 Å². The number of rotatable bonds is 4. The Morgan fingerprint density at radius 3 is 2.91 bits per heavy atom. The van der Waals surface area contributed by atoms with Gasteiger partial charge >= 0.3 is 0 Å². The van der Waals surface area contributed by atoms with Crippen LogP contribution >= 0.6 is 24.0 Å². The highest BCUT2D eigenvalue weighted by molar-refractivity contribution is 14.0. The number of hydrogen-bond acceptors (Lipinski definition) is 5. The summed E-state index contributed by atoms with van der Waals surface area (Å²) in [6.07, 6.45) is 1.87. The van der Waals surface area contributed by atoms with Gasteiger partial charge in [0.2, 0.25) is 0 Å². The van der Waals surface area contributed by atoms with Gasteiger partial charge in [-0.3, -0.25) is 0 Å². The molecule has 2 atom stereocenters. The molecule has 3 N–H and O–H groups in total. The molecular formula is C13H25IN6O2. The lowest BCUT2D eigenvalue weighted by Crippen LogP contribution is -2.44. The maximum absolute atomic E-state index is 5.82.